The first-order valence-corrected chi connectivity index (χ1v) is 8.92. The van der Waals surface area contributed by atoms with Crippen molar-refractivity contribution in [2.45, 2.75) is 33.4 Å². The van der Waals surface area contributed by atoms with E-state index < -0.39 is 0 Å². The molecule has 1 aromatic carbocycles. The molecule has 3 rings (SSSR count). The summed E-state index contributed by atoms with van der Waals surface area (Å²) in [7, 11) is 0. The first kappa shape index (κ1) is 17.2. The Labute approximate surface area is 150 Å². The monoisotopic (exact) mass is 355 g/mol. The molecule has 1 atom stereocenters. The van der Waals surface area contributed by atoms with E-state index in [0.717, 1.165) is 18.1 Å². The Hall–Kier alpha value is -2.67. The van der Waals surface area contributed by atoms with Gasteiger partial charge in [-0.25, -0.2) is 4.98 Å². The summed E-state index contributed by atoms with van der Waals surface area (Å²) in [6.45, 7) is 6.53. The lowest BCUT2D eigenvalue weighted by molar-refractivity contribution is 0.0938. The fourth-order valence-electron chi connectivity index (χ4n) is 2.44. The standard InChI is InChI=1S/C18H21N5OS/c1-11-7-8-16(25-11)10-19-15-6-4-5-14(9-15)18(24)20-12(2)17-21-13(3)22-23-17/h4-9,12,19H,10H2,1-3H3,(H,20,24)(H,21,22,23). The van der Waals surface area contributed by atoms with Crippen LogP contribution < -0.4 is 10.6 Å². The minimum Gasteiger partial charge on any atom is -0.380 e. The summed E-state index contributed by atoms with van der Waals surface area (Å²) in [4.78, 5) is 19.3. The summed E-state index contributed by atoms with van der Waals surface area (Å²) >= 11 is 1.77. The zero-order valence-electron chi connectivity index (χ0n) is 14.5. The number of carbonyl (C=O) groups excluding carboxylic acids is 1. The van der Waals surface area contributed by atoms with Crippen LogP contribution in [0, 0.1) is 13.8 Å². The molecule has 130 valence electrons. The molecule has 0 spiro atoms. The molecule has 25 heavy (non-hydrogen) atoms. The van der Waals surface area contributed by atoms with E-state index in [9.17, 15) is 4.79 Å². The number of hydrogen-bond acceptors (Lipinski definition) is 5. The molecule has 0 aliphatic heterocycles. The van der Waals surface area contributed by atoms with Gasteiger partial charge in [-0.1, -0.05) is 6.07 Å². The van der Waals surface area contributed by atoms with Gasteiger partial charge in [-0.2, -0.15) is 5.10 Å². The molecule has 1 amide bonds. The van der Waals surface area contributed by atoms with Crippen molar-refractivity contribution in [3.63, 3.8) is 0 Å². The van der Waals surface area contributed by atoms with Crippen molar-refractivity contribution >= 4 is 22.9 Å². The van der Waals surface area contributed by atoms with Gasteiger partial charge < -0.3 is 10.6 Å². The van der Waals surface area contributed by atoms with Crippen LogP contribution >= 0.6 is 11.3 Å². The van der Waals surface area contributed by atoms with Crippen LogP contribution in [0.25, 0.3) is 0 Å². The number of aryl methyl sites for hydroxylation is 2. The lowest BCUT2D eigenvalue weighted by Crippen LogP contribution is -2.27. The number of anilines is 1. The summed E-state index contributed by atoms with van der Waals surface area (Å²) in [6, 6.07) is 11.4. The van der Waals surface area contributed by atoms with Gasteiger partial charge in [0.1, 0.15) is 5.82 Å². The summed E-state index contributed by atoms with van der Waals surface area (Å²) in [5.41, 5.74) is 1.52. The molecule has 0 saturated heterocycles. The molecule has 0 radical (unpaired) electrons. The average molecular weight is 355 g/mol. The van der Waals surface area contributed by atoms with E-state index >= 15 is 0 Å². The molecule has 0 fully saturated rings. The first-order chi connectivity index (χ1) is 12.0. The Kier molecular flexibility index (Phi) is 5.14. The number of amides is 1. The van der Waals surface area contributed by atoms with Gasteiger partial charge in [0.2, 0.25) is 0 Å². The largest absolute Gasteiger partial charge is 0.380 e. The molecular formula is C18H21N5OS. The average Bonchev–Trinajstić information content (AvgIpc) is 3.21. The molecule has 3 N–H and O–H groups in total. The molecule has 0 aliphatic carbocycles. The quantitative estimate of drug-likeness (QED) is 0.631. The van der Waals surface area contributed by atoms with Crippen LogP contribution in [0.4, 0.5) is 5.69 Å². The maximum Gasteiger partial charge on any atom is 0.251 e. The molecule has 7 heteroatoms. The second-order valence-corrected chi connectivity index (χ2v) is 7.29. The Morgan fingerprint density at radius 3 is 2.80 bits per heavy atom. The van der Waals surface area contributed by atoms with Gasteiger partial charge in [-0.05, 0) is 51.1 Å². The Balaban J connectivity index is 1.62. The van der Waals surface area contributed by atoms with E-state index in [1.165, 1.54) is 9.75 Å². The number of aromatic amines is 1. The summed E-state index contributed by atoms with van der Waals surface area (Å²) in [5, 5.41) is 13.1. The zero-order chi connectivity index (χ0) is 17.8. The van der Waals surface area contributed by atoms with Crippen molar-refractivity contribution in [3.8, 4) is 0 Å². The van der Waals surface area contributed by atoms with Gasteiger partial charge in [0.25, 0.3) is 5.91 Å². The number of carbonyl (C=O) groups is 1. The van der Waals surface area contributed by atoms with Crippen molar-refractivity contribution in [1.82, 2.24) is 20.5 Å². The fraction of sp³-hybridized carbons (Fsp3) is 0.278. The van der Waals surface area contributed by atoms with Gasteiger partial charge in [0.15, 0.2) is 5.82 Å². The number of benzene rings is 1. The number of nitrogens with one attached hydrogen (secondary N) is 3. The predicted octanol–water partition coefficient (Wildman–Crippen LogP) is 3.59. The highest BCUT2D eigenvalue weighted by atomic mass is 32.1. The lowest BCUT2D eigenvalue weighted by atomic mass is 10.1. The molecule has 0 saturated carbocycles. The van der Waals surface area contributed by atoms with Crippen LogP contribution in [0.3, 0.4) is 0 Å². The molecule has 1 unspecified atom stereocenters. The smallest absolute Gasteiger partial charge is 0.251 e. The van der Waals surface area contributed by atoms with E-state index in [0.29, 0.717) is 11.4 Å². The third-order valence-corrected chi connectivity index (χ3v) is 4.74. The van der Waals surface area contributed by atoms with E-state index in [-0.39, 0.29) is 11.9 Å². The lowest BCUT2D eigenvalue weighted by Gasteiger charge is -2.12. The third kappa shape index (κ3) is 4.45. The van der Waals surface area contributed by atoms with Gasteiger partial charge in [-0.15, -0.1) is 11.3 Å². The van der Waals surface area contributed by atoms with Crippen molar-refractivity contribution < 1.29 is 4.79 Å². The highest BCUT2D eigenvalue weighted by Crippen LogP contribution is 2.18. The maximum atomic E-state index is 12.5. The number of aromatic nitrogens is 3. The van der Waals surface area contributed by atoms with Crippen LogP contribution in [0.2, 0.25) is 0 Å². The second kappa shape index (κ2) is 7.48. The fourth-order valence-corrected chi connectivity index (χ4v) is 3.27. The molecule has 0 aliphatic rings. The molecule has 2 aromatic heterocycles. The first-order valence-electron chi connectivity index (χ1n) is 8.10. The molecule has 0 bridgehead atoms. The van der Waals surface area contributed by atoms with Gasteiger partial charge in [0, 0.05) is 27.5 Å². The summed E-state index contributed by atoms with van der Waals surface area (Å²) in [6.07, 6.45) is 0. The van der Waals surface area contributed by atoms with Gasteiger partial charge in [0.05, 0.1) is 6.04 Å². The Bertz CT molecular complexity index is 870. The highest BCUT2D eigenvalue weighted by molar-refractivity contribution is 7.11. The Morgan fingerprint density at radius 2 is 2.12 bits per heavy atom. The van der Waals surface area contributed by atoms with Crippen molar-refractivity contribution in [3.05, 3.63) is 63.4 Å². The minimum absolute atomic E-state index is 0.148. The van der Waals surface area contributed by atoms with Crippen LogP contribution in [0.15, 0.2) is 36.4 Å². The molecular weight excluding hydrogens is 334 g/mol. The molecule has 6 nitrogen and oxygen atoms in total. The van der Waals surface area contributed by atoms with Crippen LogP contribution in [0.5, 0.6) is 0 Å². The number of thiophene rings is 1. The zero-order valence-corrected chi connectivity index (χ0v) is 15.3. The van der Waals surface area contributed by atoms with E-state index in [1.54, 1.807) is 17.4 Å². The van der Waals surface area contributed by atoms with E-state index in [4.69, 9.17) is 0 Å². The highest BCUT2D eigenvalue weighted by Gasteiger charge is 2.15. The maximum absolute atomic E-state index is 12.5. The number of hydrogen-bond donors (Lipinski definition) is 3. The Morgan fingerprint density at radius 1 is 1.28 bits per heavy atom. The van der Waals surface area contributed by atoms with Gasteiger partial charge in [-0.3, -0.25) is 9.89 Å². The topological polar surface area (TPSA) is 82.7 Å². The third-order valence-electron chi connectivity index (χ3n) is 3.74. The van der Waals surface area contributed by atoms with Crippen molar-refractivity contribution in [2.75, 3.05) is 5.32 Å². The van der Waals surface area contributed by atoms with Crippen molar-refractivity contribution in [1.29, 1.82) is 0 Å². The number of nitrogens with zero attached hydrogens (tertiary/aromatic N) is 2. The summed E-state index contributed by atoms with van der Waals surface area (Å²) < 4.78 is 0. The molecule has 3 aromatic rings. The van der Waals surface area contributed by atoms with Crippen molar-refractivity contribution in [2.24, 2.45) is 0 Å². The van der Waals surface area contributed by atoms with E-state index in [1.807, 2.05) is 32.0 Å². The van der Waals surface area contributed by atoms with Crippen LogP contribution in [0.1, 0.15) is 44.7 Å². The number of rotatable bonds is 6. The van der Waals surface area contributed by atoms with Crippen LogP contribution in [-0.2, 0) is 6.54 Å². The molecule has 2 heterocycles. The predicted molar refractivity (Wildman–Crippen MR) is 99.8 cm³/mol. The SMILES string of the molecule is Cc1nc(C(C)NC(=O)c2cccc(NCc3ccc(C)s3)c2)n[nH]1. The van der Waals surface area contributed by atoms with E-state index in [2.05, 4.69) is 44.9 Å². The second-order valence-electron chi connectivity index (χ2n) is 5.92. The van der Waals surface area contributed by atoms with Crippen LogP contribution in [-0.4, -0.2) is 21.1 Å². The minimum atomic E-state index is -0.261. The number of H-pyrrole nitrogens is 1. The summed E-state index contributed by atoms with van der Waals surface area (Å²) in [5.74, 6) is 1.16. The normalized spacial score (nSPS) is 12.0. The van der Waals surface area contributed by atoms with Gasteiger partial charge >= 0.3 is 0 Å².